The van der Waals surface area contributed by atoms with Crippen molar-refractivity contribution in [2.75, 3.05) is 0 Å². The highest BCUT2D eigenvalue weighted by molar-refractivity contribution is 5.73. The van der Waals surface area contributed by atoms with Gasteiger partial charge in [-0.15, -0.1) is 0 Å². The Bertz CT molecular complexity index is 992. The quantitative estimate of drug-likeness (QED) is 0.446. The van der Waals surface area contributed by atoms with E-state index in [9.17, 15) is 4.79 Å². The standard InChI is InChI=1S/C26H25N3O/c27-25(30)18-10-17-24-19-29(20-28-24)26(21-11-4-1-5-12-21,22-13-6-2-7-14-22)23-15-8-3-9-16-23/h1-9,11-16,19-20H,10,17-18H2,(H2,27,30). The Labute approximate surface area is 177 Å². The monoisotopic (exact) mass is 395 g/mol. The summed E-state index contributed by atoms with van der Waals surface area (Å²) in [5, 5.41) is 0. The van der Waals surface area contributed by atoms with Crippen molar-refractivity contribution in [1.29, 1.82) is 0 Å². The number of nitrogens with two attached hydrogens (primary N) is 1. The normalized spacial score (nSPS) is 11.3. The van der Waals surface area contributed by atoms with Crippen LogP contribution in [0, 0.1) is 0 Å². The van der Waals surface area contributed by atoms with E-state index in [2.05, 4.69) is 88.5 Å². The van der Waals surface area contributed by atoms with Gasteiger partial charge in [0.15, 0.2) is 0 Å². The van der Waals surface area contributed by atoms with Crippen LogP contribution in [-0.2, 0) is 16.8 Å². The molecule has 0 saturated carbocycles. The maximum Gasteiger partial charge on any atom is 0.217 e. The predicted molar refractivity (Wildman–Crippen MR) is 119 cm³/mol. The van der Waals surface area contributed by atoms with Crippen molar-refractivity contribution in [3.63, 3.8) is 0 Å². The maximum absolute atomic E-state index is 11.1. The summed E-state index contributed by atoms with van der Waals surface area (Å²) in [6.07, 6.45) is 5.76. The number of imidazole rings is 1. The zero-order chi connectivity index (χ0) is 20.8. The van der Waals surface area contributed by atoms with Gasteiger partial charge in [-0.2, -0.15) is 0 Å². The molecule has 4 aromatic rings. The number of rotatable bonds is 8. The molecular formula is C26H25N3O. The first-order valence-electron chi connectivity index (χ1n) is 10.2. The third kappa shape index (κ3) is 3.77. The van der Waals surface area contributed by atoms with E-state index in [-0.39, 0.29) is 5.91 Å². The summed E-state index contributed by atoms with van der Waals surface area (Å²) in [5.41, 5.74) is 9.15. The van der Waals surface area contributed by atoms with Gasteiger partial charge in [-0.1, -0.05) is 91.0 Å². The van der Waals surface area contributed by atoms with Gasteiger partial charge in [-0.05, 0) is 29.5 Å². The van der Waals surface area contributed by atoms with Crippen LogP contribution < -0.4 is 5.73 Å². The van der Waals surface area contributed by atoms with Crippen LogP contribution in [0.4, 0.5) is 0 Å². The minimum absolute atomic E-state index is 0.276. The van der Waals surface area contributed by atoms with Crippen molar-refractivity contribution in [2.45, 2.75) is 24.8 Å². The Morgan fingerprint density at radius 3 is 1.70 bits per heavy atom. The SMILES string of the molecule is NC(=O)CCCc1cn(C(c2ccccc2)(c2ccccc2)c2ccccc2)cn1. The van der Waals surface area contributed by atoms with Crippen molar-refractivity contribution in [3.8, 4) is 0 Å². The van der Waals surface area contributed by atoms with E-state index in [4.69, 9.17) is 5.73 Å². The molecule has 0 fully saturated rings. The highest BCUT2D eigenvalue weighted by Gasteiger charge is 2.38. The van der Waals surface area contributed by atoms with Crippen molar-refractivity contribution in [3.05, 3.63) is 126 Å². The smallest absolute Gasteiger partial charge is 0.217 e. The average Bonchev–Trinajstić information content (AvgIpc) is 3.25. The van der Waals surface area contributed by atoms with Gasteiger partial charge in [0.1, 0.15) is 5.54 Å². The molecule has 0 radical (unpaired) electrons. The van der Waals surface area contributed by atoms with Crippen LogP contribution in [0.3, 0.4) is 0 Å². The summed E-state index contributed by atoms with van der Waals surface area (Å²) >= 11 is 0. The Balaban J connectivity index is 1.90. The second-order valence-corrected chi connectivity index (χ2v) is 7.40. The van der Waals surface area contributed by atoms with Gasteiger partial charge >= 0.3 is 0 Å². The first-order valence-corrected chi connectivity index (χ1v) is 10.2. The molecule has 1 heterocycles. The Morgan fingerprint density at radius 1 is 0.800 bits per heavy atom. The van der Waals surface area contributed by atoms with Crippen LogP contribution in [0.15, 0.2) is 104 Å². The van der Waals surface area contributed by atoms with Crippen LogP contribution in [0.5, 0.6) is 0 Å². The number of nitrogens with zero attached hydrogens (tertiary/aromatic N) is 2. The van der Waals surface area contributed by atoms with Gasteiger partial charge in [0.05, 0.1) is 12.0 Å². The maximum atomic E-state index is 11.1. The molecule has 0 atom stereocenters. The summed E-state index contributed by atoms with van der Waals surface area (Å²) < 4.78 is 2.19. The van der Waals surface area contributed by atoms with Crippen LogP contribution in [0.2, 0.25) is 0 Å². The number of hydrogen-bond donors (Lipinski definition) is 1. The molecule has 0 bridgehead atoms. The van der Waals surface area contributed by atoms with Crippen molar-refractivity contribution < 1.29 is 4.79 Å². The second kappa shape index (κ2) is 8.78. The highest BCUT2D eigenvalue weighted by Crippen LogP contribution is 2.40. The van der Waals surface area contributed by atoms with E-state index in [1.807, 2.05) is 24.5 Å². The number of benzene rings is 3. The molecule has 0 spiro atoms. The van der Waals surface area contributed by atoms with E-state index in [0.29, 0.717) is 19.3 Å². The van der Waals surface area contributed by atoms with Crippen LogP contribution in [0.1, 0.15) is 35.2 Å². The van der Waals surface area contributed by atoms with E-state index < -0.39 is 5.54 Å². The van der Waals surface area contributed by atoms with E-state index in [1.165, 1.54) is 0 Å². The predicted octanol–water partition coefficient (Wildman–Crippen LogP) is 4.53. The molecule has 4 rings (SSSR count). The largest absolute Gasteiger partial charge is 0.370 e. The Morgan fingerprint density at radius 2 is 1.27 bits per heavy atom. The molecule has 0 aliphatic carbocycles. The molecule has 1 amide bonds. The number of aryl methyl sites for hydroxylation is 1. The summed E-state index contributed by atoms with van der Waals surface area (Å²) in [6.45, 7) is 0. The molecule has 0 aliphatic heterocycles. The number of carbonyl (C=O) groups excluding carboxylic acids is 1. The first kappa shape index (κ1) is 19.6. The summed E-state index contributed by atoms with van der Waals surface area (Å²) in [6, 6.07) is 31.5. The molecule has 150 valence electrons. The molecule has 4 nitrogen and oxygen atoms in total. The van der Waals surface area contributed by atoms with Gasteiger partial charge in [0.25, 0.3) is 0 Å². The van der Waals surface area contributed by atoms with Gasteiger partial charge in [0.2, 0.25) is 5.91 Å². The fourth-order valence-electron chi connectivity index (χ4n) is 4.11. The molecular weight excluding hydrogens is 370 g/mol. The zero-order valence-corrected chi connectivity index (χ0v) is 16.8. The summed E-state index contributed by atoms with van der Waals surface area (Å²) in [5.74, 6) is -0.276. The molecule has 3 aromatic carbocycles. The topological polar surface area (TPSA) is 60.9 Å². The van der Waals surface area contributed by atoms with Crippen molar-refractivity contribution in [2.24, 2.45) is 5.73 Å². The molecule has 0 aliphatic rings. The van der Waals surface area contributed by atoms with Crippen LogP contribution >= 0.6 is 0 Å². The minimum atomic E-state index is -0.557. The highest BCUT2D eigenvalue weighted by atomic mass is 16.1. The number of carbonyl (C=O) groups is 1. The number of primary amides is 1. The Hall–Kier alpha value is -3.66. The van der Waals surface area contributed by atoms with Crippen molar-refractivity contribution in [1.82, 2.24) is 9.55 Å². The first-order chi connectivity index (χ1) is 14.7. The molecule has 2 N–H and O–H groups in total. The fourth-order valence-corrected chi connectivity index (χ4v) is 4.11. The Kier molecular flexibility index (Phi) is 5.75. The third-order valence-electron chi connectivity index (χ3n) is 5.45. The third-order valence-corrected chi connectivity index (χ3v) is 5.45. The average molecular weight is 396 g/mol. The lowest BCUT2D eigenvalue weighted by Gasteiger charge is -2.37. The molecule has 4 heteroatoms. The van der Waals surface area contributed by atoms with Crippen LogP contribution in [0.25, 0.3) is 0 Å². The van der Waals surface area contributed by atoms with Gasteiger partial charge in [-0.3, -0.25) is 4.79 Å². The molecule has 30 heavy (non-hydrogen) atoms. The van der Waals surface area contributed by atoms with Crippen LogP contribution in [-0.4, -0.2) is 15.5 Å². The van der Waals surface area contributed by atoms with Gasteiger partial charge in [0, 0.05) is 12.6 Å². The van der Waals surface area contributed by atoms with Gasteiger partial charge < -0.3 is 10.3 Å². The lowest BCUT2D eigenvalue weighted by molar-refractivity contribution is -0.118. The number of aromatic nitrogens is 2. The van der Waals surface area contributed by atoms with E-state index in [1.54, 1.807) is 0 Å². The second-order valence-electron chi connectivity index (χ2n) is 7.40. The summed E-state index contributed by atoms with van der Waals surface area (Å²) in [4.78, 5) is 15.8. The van der Waals surface area contributed by atoms with E-state index in [0.717, 1.165) is 22.4 Å². The zero-order valence-electron chi connectivity index (χ0n) is 16.8. The minimum Gasteiger partial charge on any atom is -0.370 e. The van der Waals surface area contributed by atoms with Gasteiger partial charge in [-0.25, -0.2) is 4.98 Å². The number of amides is 1. The molecule has 1 aromatic heterocycles. The van der Waals surface area contributed by atoms with Crippen molar-refractivity contribution >= 4 is 5.91 Å². The lowest BCUT2D eigenvalue weighted by Crippen LogP contribution is -2.36. The molecule has 0 saturated heterocycles. The molecule has 0 unspecified atom stereocenters. The van der Waals surface area contributed by atoms with E-state index >= 15 is 0 Å². The lowest BCUT2D eigenvalue weighted by atomic mass is 9.77. The summed E-state index contributed by atoms with van der Waals surface area (Å²) in [7, 11) is 0. The number of hydrogen-bond acceptors (Lipinski definition) is 2. The fraction of sp³-hybridized carbons (Fsp3) is 0.154.